The van der Waals surface area contributed by atoms with E-state index in [0.29, 0.717) is 11.4 Å². The van der Waals surface area contributed by atoms with Crippen LogP contribution in [0, 0.1) is 0 Å². The molecule has 90 valence electrons. The van der Waals surface area contributed by atoms with Crippen LogP contribution in [0.1, 0.15) is 11.7 Å². The molecule has 1 aromatic carbocycles. The Kier molecular flexibility index (Phi) is 2.49. The predicted molar refractivity (Wildman–Crippen MR) is 66.7 cm³/mol. The highest BCUT2D eigenvalue weighted by Gasteiger charge is 2.33. The third-order valence-corrected chi connectivity index (χ3v) is 2.75. The molecule has 0 spiro atoms. The first-order valence-electron chi connectivity index (χ1n) is 5.48. The largest absolute Gasteiger partial charge is 0.380 e. The van der Waals surface area contributed by atoms with E-state index in [1.165, 1.54) is 6.34 Å². The molecule has 3 rings (SSSR count). The van der Waals surface area contributed by atoms with E-state index in [2.05, 4.69) is 20.3 Å². The van der Waals surface area contributed by atoms with E-state index in [9.17, 15) is 9.90 Å². The molecule has 1 amide bonds. The van der Waals surface area contributed by atoms with E-state index in [-0.39, 0.29) is 11.7 Å². The van der Waals surface area contributed by atoms with Gasteiger partial charge in [-0.1, -0.05) is 30.3 Å². The number of aliphatic imine (C=N–C) groups is 3. The third kappa shape index (κ3) is 1.72. The highest BCUT2D eigenvalue weighted by Crippen LogP contribution is 2.20. The monoisotopic (exact) mass is 242 g/mol. The Bertz CT molecular complexity index is 577. The van der Waals surface area contributed by atoms with Crippen LogP contribution in [0.4, 0.5) is 0 Å². The summed E-state index contributed by atoms with van der Waals surface area (Å²) in [6.07, 6.45) is 0.345. The lowest BCUT2D eigenvalue weighted by Gasteiger charge is -2.09. The lowest BCUT2D eigenvalue weighted by Crippen LogP contribution is -2.40. The number of benzene rings is 1. The Morgan fingerprint density at radius 1 is 1.28 bits per heavy atom. The molecule has 18 heavy (non-hydrogen) atoms. The molecule has 1 aromatic rings. The summed E-state index contributed by atoms with van der Waals surface area (Å²) in [4.78, 5) is 23.6. The summed E-state index contributed by atoms with van der Waals surface area (Å²) in [6, 6.07) is 8.31. The molecule has 2 N–H and O–H groups in total. The molecule has 2 unspecified atom stereocenters. The van der Waals surface area contributed by atoms with Crippen molar-refractivity contribution < 1.29 is 9.90 Å². The van der Waals surface area contributed by atoms with Crippen molar-refractivity contribution in [3.05, 3.63) is 35.9 Å². The number of fused-ring (bicyclic) bond motifs is 1. The van der Waals surface area contributed by atoms with Crippen LogP contribution in [0.25, 0.3) is 0 Å². The third-order valence-electron chi connectivity index (χ3n) is 2.75. The number of amides is 1. The number of aliphatic hydroxyl groups excluding tert-OH is 1. The second-order valence-corrected chi connectivity index (χ2v) is 3.94. The molecule has 0 aliphatic carbocycles. The number of hydrogen-bond donors (Lipinski definition) is 2. The molecule has 0 saturated heterocycles. The Labute approximate surface area is 103 Å². The minimum Gasteiger partial charge on any atom is -0.380 e. The van der Waals surface area contributed by atoms with Gasteiger partial charge in [-0.2, -0.15) is 0 Å². The van der Waals surface area contributed by atoms with Gasteiger partial charge in [0.1, 0.15) is 6.10 Å². The van der Waals surface area contributed by atoms with Gasteiger partial charge in [0.25, 0.3) is 5.91 Å². The van der Waals surface area contributed by atoms with Crippen molar-refractivity contribution in [3.63, 3.8) is 0 Å². The average molecular weight is 242 g/mol. The number of aliphatic hydroxyl groups is 1. The van der Waals surface area contributed by atoms with Crippen molar-refractivity contribution in [2.75, 3.05) is 0 Å². The zero-order valence-electron chi connectivity index (χ0n) is 9.32. The number of hydrogen-bond acceptors (Lipinski definition) is 5. The van der Waals surface area contributed by atoms with E-state index in [0.717, 1.165) is 0 Å². The van der Waals surface area contributed by atoms with Gasteiger partial charge in [-0.25, -0.2) is 15.0 Å². The lowest BCUT2D eigenvalue weighted by molar-refractivity contribution is -0.119. The minimum atomic E-state index is -0.938. The van der Waals surface area contributed by atoms with Crippen LogP contribution in [-0.4, -0.2) is 35.1 Å². The Morgan fingerprint density at radius 2 is 2.06 bits per heavy atom. The second kappa shape index (κ2) is 4.15. The van der Waals surface area contributed by atoms with Crippen molar-refractivity contribution >= 4 is 23.9 Å². The fourth-order valence-electron chi connectivity index (χ4n) is 1.83. The van der Waals surface area contributed by atoms with Crippen molar-refractivity contribution in [3.8, 4) is 0 Å². The highest BCUT2D eigenvalue weighted by atomic mass is 16.3. The van der Waals surface area contributed by atoms with Crippen molar-refractivity contribution in [1.82, 2.24) is 5.32 Å². The standard InChI is InChI=1S/C12H10N4O2/c17-9(7-4-2-1-3-5-7)11-15-8-10(16-11)13-6-14-12(8)18/h1-6,8-9,17H,(H,13,14,15,16,18). The topological polar surface area (TPSA) is 86.4 Å². The van der Waals surface area contributed by atoms with Gasteiger partial charge in [-0.3, -0.25) is 4.79 Å². The molecule has 0 bridgehead atoms. The molecule has 2 aliphatic heterocycles. The minimum absolute atomic E-state index is 0.218. The number of amidine groups is 2. The average Bonchev–Trinajstić information content (AvgIpc) is 2.84. The maximum Gasteiger partial charge on any atom is 0.257 e. The van der Waals surface area contributed by atoms with Crippen LogP contribution >= 0.6 is 0 Å². The normalized spacial score (nSPS) is 22.9. The van der Waals surface area contributed by atoms with Crippen LogP contribution in [-0.2, 0) is 4.79 Å². The van der Waals surface area contributed by atoms with Gasteiger partial charge in [0.15, 0.2) is 17.7 Å². The SMILES string of the molecule is O=C1NC=NC2=NC(C(O)c3ccccc3)=NC12. The zero-order valence-corrected chi connectivity index (χ0v) is 9.32. The predicted octanol–water partition coefficient (Wildman–Crippen LogP) is 0.0573. The summed E-state index contributed by atoms with van der Waals surface area (Å²) in [5.41, 5.74) is 0.684. The van der Waals surface area contributed by atoms with Crippen LogP contribution in [0.15, 0.2) is 45.3 Å². The summed E-state index contributed by atoms with van der Waals surface area (Å²) in [5, 5.41) is 12.6. The van der Waals surface area contributed by atoms with Crippen LogP contribution in [0.2, 0.25) is 0 Å². The maximum absolute atomic E-state index is 11.5. The van der Waals surface area contributed by atoms with Crippen molar-refractivity contribution in [2.45, 2.75) is 12.1 Å². The van der Waals surface area contributed by atoms with Gasteiger partial charge in [-0.15, -0.1) is 0 Å². The summed E-state index contributed by atoms with van der Waals surface area (Å²) < 4.78 is 0. The molecule has 0 saturated carbocycles. The Hall–Kier alpha value is -2.34. The first-order chi connectivity index (χ1) is 8.75. The molecule has 0 fully saturated rings. The van der Waals surface area contributed by atoms with Crippen molar-refractivity contribution in [2.24, 2.45) is 15.0 Å². The van der Waals surface area contributed by atoms with E-state index in [1.54, 1.807) is 12.1 Å². The van der Waals surface area contributed by atoms with Gasteiger partial charge in [0.05, 0.1) is 6.34 Å². The van der Waals surface area contributed by atoms with Gasteiger partial charge < -0.3 is 10.4 Å². The molecule has 2 aliphatic rings. The molecule has 2 atom stereocenters. The van der Waals surface area contributed by atoms with Crippen molar-refractivity contribution in [1.29, 1.82) is 0 Å². The molecule has 2 heterocycles. The molecular formula is C12H10N4O2. The first kappa shape index (κ1) is 10.8. The lowest BCUT2D eigenvalue weighted by atomic mass is 10.1. The number of nitrogens with zero attached hydrogens (tertiary/aromatic N) is 3. The Morgan fingerprint density at radius 3 is 2.78 bits per heavy atom. The highest BCUT2D eigenvalue weighted by molar-refractivity contribution is 6.22. The van der Waals surface area contributed by atoms with Gasteiger partial charge in [0.2, 0.25) is 0 Å². The summed E-state index contributed by atoms with van der Waals surface area (Å²) >= 11 is 0. The summed E-state index contributed by atoms with van der Waals surface area (Å²) in [5.74, 6) is 0.262. The molecular weight excluding hydrogens is 232 g/mol. The van der Waals surface area contributed by atoms with Gasteiger partial charge in [0, 0.05) is 0 Å². The molecule has 0 radical (unpaired) electrons. The first-order valence-corrected chi connectivity index (χ1v) is 5.48. The quantitative estimate of drug-likeness (QED) is 0.768. The van der Waals surface area contributed by atoms with E-state index in [1.807, 2.05) is 18.2 Å². The van der Waals surface area contributed by atoms with Crippen LogP contribution in [0.3, 0.4) is 0 Å². The van der Waals surface area contributed by atoms with E-state index < -0.39 is 12.1 Å². The Balaban J connectivity index is 1.91. The number of carbonyl (C=O) groups excluding carboxylic acids is 1. The number of nitrogens with one attached hydrogen (secondary N) is 1. The summed E-state index contributed by atoms with van der Waals surface area (Å²) in [7, 11) is 0. The molecule has 6 nitrogen and oxygen atoms in total. The smallest absolute Gasteiger partial charge is 0.257 e. The van der Waals surface area contributed by atoms with Crippen LogP contribution in [0.5, 0.6) is 0 Å². The zero-order chi connectivity index (χ0) is 12.5. The number of carbonyl (C=O) groups is 1. The van der Waals surface area contributed by atoms with Gasteiger partial charge in [-0.05, 0) is 5.56 Å². The van der Waals surface area contributed by atoms with Crippen LogP contribution < -0.4 is 5.32 Å². The maximum atomic E-state index is 11.5. The molecule has 6 heteroatoms. The molecule has 0 aromatic heterocycles. The summed E-state index contributed by atoms with van der Waals surface area (Å²) in [6.45, 7) is 0. The number of rotatable bonds is 2. The van der Waals surface area contributed by atoms with Gasteiger partial charge >= 0.3 is 0 Å². The van der Waals surface area contributed by atoms with E-state index >= 15 is 0 Å². The fraction of sp³-hybridized carbons (Fsp3) is 0.167. The fourth-order valence-corrected chi connectivity index (χ4v) is 1.83. The van der Waals surface area contributed by atoms with E-state index in [4.69, 9.17) is 0 Å². The second-order valence-electron chi connectivity index (χ2n) is 3.94.